The lowest BCUT2D eigenvalue weighted by Crippen LogP contribution is -2.68. The molecule has 2 heterocycles. The van der Waals surface area contributed by atoms with E-state index in [4.69, 9.17) is 10.5 Å². The molecule has 0 radical (unpaired) electrons. The van der Waals surface area contributed by atoms with Crippen molar-refractivity contribution in [2.75, 3.05) is 5.73 Å². The zero-order valence-corrected chi connectivity index (χ0v) is 14.1. The van der Waals surface area contributed by atoms with Gasteiger partial charge in [0.25, 0.3) is 0 Å². The smallest absolute Gasteiger partial charge is 0.354 e. The number of Topliss-reactive ketones (excluding diaryl/α,β-unsaturated/α-hetero) is 3. The predicted octanol–water partition coefficient (Wildman–Crippen LogP) is -3.29. The van der Waals surface area contributed by atoms with Crippen LogP contribution < -0.4 is 11.4 Å². The van der Waals surface area contributed by atoms with Gasteiger partial charge in [0.15, 0.2) is 29.2 Å². The summed E-state index contributed by atoms with van der Waals surface area (Å²) >= 11 is 0. The third kappa shape index (κ3) is 2.54. The minimum Gasteiger partial charge on any atom is -0.382 e. The number of ketones is 3. The SMILES string of the molecule is CC(=O)[C@H](O)[C@H]1O[C@@H](n2cnc(N)nc2=O)[C@@](O)(C(C)=O)[C@@]1(O)C(C)=O. The Morgan fingerprint density at radius 2 is 1.77 bits per heavy atom. The van der Waals surface area contributed by atoms with Crippen LogP contribution in [0.5, 0.6) is 0 Å². The van der Waals surface area contributed by atoms with Crippen LogP contribution in [0.15, 0.2) is 11.1 Å². The Kier molecular flexibility index (Phi) is 4.81. The second-order valence-electron chi connectivity index (χ2n) is 6.01. The average molecular weight is 370 g/mol. The number of hydrogen-bond acceptors (Lipinski definition) is 11. The standard InChI is InChI=1S/C14H18N4O8/c1-5(19)8(22)9-13(24,6(2)20)14(25,7(3)21)10(26-9)18-4-16-11(15)17-12(18)23/h4,8-10,22,24-25H,1-3H3,(H2,15,17,23)/t8-,9+,10+,13+,14-/m0/s1. The highest BCUT2D eigenvalue weighted by Crippen LogP contribution is 2.47. The molecule has 0 aliphatic carbocycles. The molecule has 12 heteroatoms. The highest BCUT2D eigenvalue weighted by Gasteiger charge is 2.73. The first kappa shape index (κ1) is 19.8. The van der Waals surface area contributed by atoms with Gasteiger partial charge in [-0.1, -0.05) is 0 Å². The maximum atomic E-state index is 12.2. The van der Waals surface area contributed by atoms with Crippen LogP contribution in [0.2, 0.25) is 0 Å². The Bertz CT molecular complexity index is 838. The lowest BCUT2D eigenvalue weighted by Gasteiger charge is -2.37. The largest absolute Gasteiger partial charge is 0.382 e. The summed E-state index contributed by atoms with van der Waals surface area (Å²) in [5.41, 5.74) is -1.86. The molecule has 1 aromatic rings. The summed E-state index contributed by atoms with van der Waals surface area (Å²) in [6.07, 6.45) is -5.31. The molecule has 0 unspecified atom stereocenters. The zero-order valence-electron chi connectivity index (χ0n) is 14.1. The van der Waals surface area contributed by atoms with Crippen molar-refractivity contribution in [3.8, 4) is 0 Å². The van der Waals surface area contributed by atoms with E-state index in [1.165, 1.54) is 0 Å². The van der Waals surface area contributed by atoms with Crippen LogP contribution in [0.3, 0.4) is 0 Å². The summed E-state index contributed by atoms with van der Waals surface area (Å²) in [6.45, 7) is 2.63. The monoisotopic (exact) mass is 370 g/mol. The van der Waals surface area contributed by atoms with Crippen LogP contribution in [0.1, 0.15) is 27.0 Å². The Morgan fingerprint density at radius 3 is 2.19 bits per heavy atom. The van der Waals surface area contributed by atoms with E-state index in [0.29, 0.717) is 4.57 Å². The van der Waals surface area contributed by atoms with E-state index in [0.717, 1.165) is 27.1 Å². The van der Waals surface area contributed by atoms with Crippen LogP contribution in [0, 0.1) is 0 Å². The number of rotatable bonds is 5. The Morgan fingerprint density at radius 1 is 1.23 bits per heavy atom. The summed E-state index contributed by atoms with van der Waals surface area (Å²) < 4.78 is 5.80. The van der Waals surface area contributed by atoms with Gasteiger partial charge in [-0.25, -0.2) is 9.78 Å². The topological polar surface area (TPSA) is 195 Å². The molecule has 12 nitrogen and oxygen atoms in total. The van der Waals surface area contributed by atoms with E-state index in [2.05, 4.69) is 9.97 Å². The second-order valence-corrected chi connectivity index (χ2v) is 6.01. The van der Waals surface area contributed by atoms with E-state index in [9.17, 15) is 34.5 Å². The molecular weight excluding hydrogens is 352 g/mol. The molecule has 1 aliphatic rings. The van der Waals surface area contributed by atoms with Gasteiger partial charge in [0.1, 0.15) is 18.5 Å². The summed E-state index contributed by atoms with van der Waals surface area (Å²) in [4.78, 5) is 54.8. The van der Waals surface area contributed by atoms with Gasteiger partial charge in [0, 0.05) is 0 Å². The first-order chi connectivity index (χ1) is 11.9. The second kappa shape index (κ2) is 6.32. The number of aromatic nitrogens is 3. The van der Waals surface area contributed by atoms with Gasteiger partial charge in [0.05, 0.1) is 0 Å². The molecule has 0 amide bonds. The molecule has 142 valence electrons. The molecule has 5 atom stereocenters. The normalized spacial score (nSPS) is 32.2. The molecule has 1 fully saturated rings. The Labute approximate surface area is 146 Å². The van der Waals surface area contributed by atoms with Crippen molar-refractivity contribution in [1.82, 2.24) is 14.5 Å². The summed E-state index contributed by atoms with van der Waals surface area (Å²) in [6, 6.07) is 0. The summed E-state index contributed by atoms with van der Waals surface area (Å²) in [5.74, 6) is -3.62. The molecule has 0 saturated carbocycles. The molecule has 5 N–H and O–H groups in total. The van der Waals surface area contributed by atoms with Crippen LogP contribution in [0.4, 0.5) is 5.95 Å². The number of aliphatic hydroxyl groups is 3. The van der Waals surface area contributed by atoms with E-state index in [1.54, 1.807) is 0 Å². The fraction of sp³-hybridized carbons (Fsp3) is 0.571. The highest BCUT2D eigenvalue weighted by atomic mass is 16.6. The molecule has 1 saturated heterocycles. The number of nitrogens with zero attached hydrogens (tertiary/aromatic N) is 3. The van der Waals surface area contributed by atoms with Crippen molar-refractivity contribution in [2.24, 2.45) is 0 Å². The molecule has 0 aromatic carbocycles. The first-order valence-corrected chi connectivity index (χ1v) is 7.40. The van der Waals surface area contributed by atoms with Crippen molar-refractivity contribution in [2.45, 2.75) is 50.4 Å². The quantitative estimate of drug-likeness (QED) is 0.405. The number of nitrogen functional groups attached to an aromatic ring is 1. The average Bonchev–Trinajstić information content (AvgIpc) is 2.78. The molecule has 1 aliphatic heterocycles. The van der Waals surface area contributed by atoms with E-state index >= 15 is 0 Å². The minimum absolute atomic E-state index is 0.405. The molecular formula is C14H18N4O8. The Balaban J connectivity index is 2.77. The summed E-state index contributed by atoms with van der Waals surface area (Å²) in [5, 5.41) is 31.9. The number of carbonyl (C=O) groups excluding carboxylic acids is 3. The van der Waals surface area contributed by atoms with Crippen LogP contribution >= 0.6 is 0 Å². The van der Waals surface area contributed by atoms with Crippen molar-refractivity contribution in [1.29, 1.82) is 0 Å². The number of aliphatic hydroxyl groups excluding tert-OH is 1. The molecule has 0 bridgehead atoms. The maximum absolute atomic E-state index is 12.2. The van der Waals surface area contributed by atoms with Crippen LogP contribution in [-0.2, 0) is 19.1 Å². The zero-order chi connectivity index (χ0) is 20.0. The fourth-order valence-corrected chi connectivity index (χ4v) is 2.95. The molecule has 2 rings (SSSR count). The van der Waals surface area contributed by atoms with E-state index < -0.39 is 58.6 Å². The van der Waals surface area contributed by atoms with Crippen molar-refractivity contribution in [3.05, 3.63) is 16.8 Å². The van der Waals surface area contributed by atoms with Gasteiger partial charge in [-0.2, -0.15) is 4.98 Å². The van der Waals surface area contributed by atoms with Crippen LogP contribution in [-0.4, -0.2) is 70.6 Å². The number of ether oxygens (including phenoxy) is 1. The molecule has 1 aromatic heterocycles. The van der Waals surface area contributed by atoms with Gasteiger partial charge in [-0.3, -0.25) is 19.0 Å². The predicted molar refractivity (Wildman–Crippen MR) is 82.6 cm³/mol. The van der Waals surface area contributed by atoms with Crippen molar-refractivity contribution >= 4 is 23.3 Å². The van der Waals surface area contributed by atoms with Gasteiger partial charge in [0.2, 0.25) is 11.5 Å². The highest BCUT2D eigenvalue weighted by molar-refractivity contribution is 5.99. The molecule has 0 spiro atoms. The van der Waals surface area contributed by atoms with Gasteiger partial charge in [-0.15, -0.1) is 0 Å². The van der Waals surface area contributed by atoms with E-state index in [1.807, 2.05) is 0 Å². The lowest BCUT2D eigenvalue weighted by molar-refractivity contribution is -0.184. The van der Waals surface area contributed by atoms with Gasteiger partial charge < -0.3 is 25.8 Å². The molecule has 26 heavy (non-hydrogen) atoms. The van der Waals surface area contributed by atoms with E-state index in [-0.39, 0.29) is 0 Å². The fourth-order valence-electron chi connectivity index (χ4n) is 2.95. The Hall–Kier alpha value is -2.54. The number of carbonyl (C=O) groups is 3. The lowest BCUT2D eigenvalue weighted by atomic mass is 9.73. The van der Waals surface area contributed by atoms with Crippen molar-refractivity contribution < 1.29 is 34.4 Å². The third-order valence-electron chi connectivity index (χ3n) is 4.40. The number of hydrogen-bond donors (Lipinski definition) is 4. The number of anilines is 1. The maximum Gasteiger partial charge on any atom is 0.354 e. The third-order valence-corrected chi connectivity index (χ3v) is 4.40. The van der Waals surface area contributed by atoms with Crippen molar-refractivity contribution in [3.63, 3.8) is 0 Å². The van der Waals surface area contributed by atoms with Gasteiger partial charge >= 0.3 is 5.69 Å². The first-order valence-electron chi connectivity index (χ1n) is 7.40. The van der Waals surface area contributed by atoms with Gasteiger partial charge in [-0.05, 0) is 20.8 Å². The number of nitrogens with two attached hydrogens (primary N) is 1. The van der Waals surface area contributed by atoms with Crippen LogP contribution in [0.25, 0.3) is 0 Å². The minimum atomic E-state index is -3.02. The summed E-state index contributed by atoms with van der Waals surface area (Å²) in [7, 11) is 0.